The second-order valence-electron chi connectivity index (χ2n) is 2.40. The minimum atomic E-state index is -0.0726. The first-order chi connectivity index (χ1) is 6.79. The van der Waals surface area contributed by atoms with Crippen molar-refractivity contribution >= 4 is 0 Å². The number of aliphatic hydroxyl groups is 2. The highest BCUT2D eigenvalue weighted by Gasteiger charge is 2.35. The van der Waals surface area contributed by atoms with Gasteiger partial charge in [0.25, 0.3) is 0 Å². The zero-order valence-electron chi connectivity index (χ0n) is 7.80. The fourth-order valence-electron chi connectivity index (χ4n) is 0.582. The van der Waals surface area contributed by atoms with Crippen LogP contribution in [0.15, 0.2) is 0 Å². The maximum atomic E-state index is 8.27. The van der Waals surface area contributed by atoms with Crippen LogP contribution >= 0.6 is 0 Å². The van der Waals surface area contributed by atoms with Gasteiger partial charge in [0, 0.05) is 0 Å². The molecule has 0 radical (unpaired) electrons. The van der Waals surface area contributed by atoms with Crippen molar-refractivity contribution in [2.45, 2.75) is 6.04 Å². The van der Waals surface area contributed by atoms with E-state index in [2.05, 4.69) is 10.7 Å². The molecular formula is C7H15N3O4. The normalized spacial score (nSPS) is 23.3. The molecule has 0 saturated carbocycles. The molecule has 7 nitrogen and oxygen atoms in total. The van der Waals surface area contributed by atoms with E-state index in [0.29, 0.717) is 6.54 Å². The van der Waals surface area contributed by atoms with Gasteiger partial charge in [-0.15, -0.1) is 0 Å². The van der Waals surface area contributed by atoms with E-state index in [0.717, 1.165) is 0 Å². The Kier molecular flexibility index (Phi) is 8.36. The second-order valence-corrected chi connectivity index (χ2v) is 2.40. The smallest absolute Gasteiger partial charge is 0.137 e. The van der Waals surface area contributed by atoms with Crippen LogP contribution in [-0.4, -0.2) is 54.3 Å². The van der Waals surface area contributed by atoms with E-state index in [9.17, 15) is 0 Å². The van der Waals surface area contributed by atoms with Crippen molar-refractivity contribution in [3.05, 3.63) is 0 Å². The van der Waals surface area contributed by atoms with Crippen LogP contribution in [0.25, 0.3) is 0 Å². The lowest BCUT2D eigenvalue weighted by Gasteiger charge is -1.97. The SMILES string of the molecule is N#CC1CN1OCCO.NOCCO. The van der Waals surface area contributed by atoms with E-state index in [1.165, 1.54) is 5.06 Å². The number of hydroxylamine groups is 2. The molecule has 14 heavy (non-hydrogen) atoms. The number of aliphatic hydroxyl groups excluding tert-OH is 2. The molecule has 1 saturated heterocycles. The summed E-state index contributed by atoms with van der Waals surface area (Å²) >= 11 is 0. The minimum Gasteiger partial charge on any atom is -0.394 e. The summed E-state index contributed by atoms with van der Waals surface area (Å²) < 4.78 is 0. The van der Waals surface area contributed by atoms with E-state index < -0.39 is 0 Å². The van der Waals surface area contributed by atoms with E-state index in [1.54, 1.807) is 0 Å². The van der Waals surface area contributed by atoms with Gasteiger partial charge in [-0.25, -0.2) is 5.90 Å². The summed E-state index contributed by atoms with van der Waals surface area (Å²) in [7, 11) is 0. The van der Waals surface area contributed by atoms with Crippen molar-refractivity contribution in [3.63, 3.8) is 0 Å². The summed E-state index contributed by atoms with van der Waals surface area (Å²) in [6.07, 6.45) is 0. The number of nitrogens with zero attached hydrogens (tertiary/aromatic N) is 2. The minimum absolute atomic E-state index is 0.00347. The van der Waals surface area contributed by atoms with Gasteiger partial charge >= 0.3 is 0 Å². The first kappa shape index (κ1) is 13.2. The third-order valence-corrected chi connectivity index (χ3v) is 1.27. The van der Waals surface area contributed by atoms with Crippen LogP contribution in [0.3, 0.4) is 0 Å². The summed E-state index contributed by atoms with van der Waals surface area (Å²) in [5.41, 5.74) is 0. The number of rotatable bonds is 5. The number of hydrogen-bond acceptors (Lipinski definition) is 7. The van der Waals surface area contributed by atoms with E-state index >= 15 is 0 Å². The number of hydrogen-bond donors (Lipinski definition) is 3. The van der Waals surface area contributed by atoms with Crippen molar-refractivity contribution in [2.24, 2.45) is 5.90 Å². The Balaban J connectivity index is 0.000000292. The molecule has 0 aliphatic carbocycles. The van der Waals surface area contributed by atoms with Crippen LogP contribution < -0.4 is 5.90 Å². The Labute approximate surface area is 82.1 Å². The highest BCUT2D eigenvalue weighted by atomic mass is 16.7. The summed E-state index contributed by atoms with van der Waals surface area (Å²) in [4.78, 5) is 8.81. The van der Waals surface area contributed by atoms with Gasteiger partial charge < -0.3 is 15.1 Å². The van der Waals surface area contributed by atoms with Crippen LogP contribution in [0.5, 0.6) is 0 Å². The van der Waals surface area contributed by atoms with Crippen molar-refractivity contribution in [2.75, 3.05) is 33.0 Å². The molecule has 1 heterocycles. The first-order valence-corrected chi connectivity index (χ1v) is 4.12. The predicted molar refractivity (Wildman–Crippen MR) is 46.4 cm³/mol. The molecule has 7 heteroatoms. The van der Waals surface area contributed by atoms with Crippen molar-refractivity contribution in [1.82, 2.24) is 5.06 Å². The van der Waals surface area contributed by atoms with Crippen molar-refractivity contribution in [1.29, 1.82) is 5.26 Å². The van der Waals surface area contributed by atoms with Crippen molar-refractivity contribution in [3.8, 4) is 6.07 Å². The summed E-state index contributed by atoms with van der Waals surface area (Å²) in [6.45, 7) is 1.19. The zero-order valence-corrected chi connectivity index (χ0v) is 7.80. The maximum Gasteiger partial charge on any atom is 0.137 e. The quantitative estimate of drug-likeness (QED) is 0.351. The molecule has 0 amide bonds. The Morgan fingerprint density at radius 1 is 1.43 bits per heavy atom. The lowest BCUT2D eigenvalue weighted by Crippen LogP contribution is -2.06. The Morgan fingerprint density at radius 2 is 2.07 bits per heavy atom. The Bertz CT molecular complexity index is 171. The summed E-state index contributed by atoms with van der Waals surface area (Å²) in [5.74, 6) is 4.48. The molecule has 0 bridgehead atoms. The molecule has 4 N–H and O–H groups in total. The molecule has 1 aliphatic rings. The van der Waals surface area contributed by atoms with Crippen LogP contribution in [0.4, 0.5) is 0 Å². The second kappa shape index (κ2) is 8.83. The van der Waals surface area contributed by atoms with Crippen LogP contribution in [0, 0.1) is 11.3 Å². The Hall–Kier alpha value is -0.750. The molecule has 0 aromatic carbocycles. The van der Waals surface area contributed by atoms with Gasteiger partial charge in [-0.1, -0.05) is 0 Å². The number of nitriles is 1. The third kappa shape index (κ3) is 6.73. The van der Waals surface area contributed by atoms with Crippen LogP contribution in [-0.2, 0) is 9.68 Å². The fraction of sp³-hybridized carbons (Fsp3) is 0.857. The molecule has 82 valence electrons. The van der Waals surface area contributed by atoms with Crippen molar-refractivity contribution < 1.29 is 19.9 Å². The average molecular weight is 205 g/mol. The molecule has 0 spiro atoms. The molecule has 0 aromatic heterocycles. The van der Waals surface area contributed by atoms with Gasteiger partial charge in [-0.3, -0.25) is 4.84 Å². The summed E-state index contributed by atoms with van der Waals surface area (Å²) in [6, 6.07) is 1.94. The van der Waals surface area contributed by atoms with Crippen LogP contribution in [0.2, 0.25) is 0 Å². The van der Waals surface area contributed by atoms with Gasteiger partial charge in [0.1, 0.15) is 6.04 Å². The zero-order chi connectivity index (χ0) is 10.8. The van der Waals surface area contributed by atoms with Gasteiger partial charge in [0.05, 0.1) is 39.0 Å². The fourth-order valence-corrected chi connectivity index (χ4v) is 0.582. The predicted octanol–water partition coefficient (Wildman–Crippen LogP) is -2.01. The topological polar surface area (TPSA) is 112 Å². The van der Waals surface area contributed by atoms with E-state index in [4.69, 9.17) is 20.3 Å². The lowest BCUT2D eigenvalue weighted by atomic mass is 10.6. The van der Waals surface area contributed by atoms with E-state index in [-0.39, 0.29) is 32.5 Å². The summed E-state index contributed by atoms with van der Waals surface area (Å²) in [5, 5.41) is 25.9. The largest absolute Gasteiger partial charge is 0.394 e. The van der Waals surface area contributed by atoms with Gasteiger partial charge in [-0.2, -0.15) is 10.3 Å². The molecule has 1 rings (SSSR count). The third-order valence-electron chi connectivity index (χ3n) is 1.27. The number of nitrogens with two attached hydrogens (primary N) is 1. The standard InChI is InChI=1S/C5H8N2O2.C2H7NO2/c6-3-5-4-7(5)9-2-1-8;3-5-2-1-4/h5,8H,1-2,4H2;4H,1-3H2. The molecule has 1 fully saturated rings. The monoisotopic (exact) mass is 205 g/mol. The lowest BCUT2D eigenvalue weighted by molar-refractivity contribution is -0.0823. The molecule has 1 aliphatic heterocycles. The van der Waals surface area contributed by atoms with E-state index in [1.807, 2.05) is 6.07 Å². The highest BCUT2D eigenvalue weighted by molar-refractivity contribution is 5.01. The van der Waals surface area contributed by atoms with Gasteiger partial charge in [0.15, 0.2) is 0 Å². The molecule has 2 unspecified atom stereocenters. The van der Waals surface area contributed by atoms with Crippen LogP contribution in [0.1, 0.15) is 0 Å². The average Bonchev–Trinajstić information content (AvgIpc) is 2.95. The Morgan fingerprint density at radius 3 is 2.36 bits per heavy atom. The first-order valence-electron chi connectivity index (χ1n) is 4.12. The maximum absolute atomic E-state index is 8.27. The molecule has 2 atom stereocenters. The van der Waals surface area contributed by atoms with Gasteiger partial charge in [-0.05, 0) is 0 Å². The highest BCUT2D eigenvalue weighted by Crippen LogP contribution is 2.15. The molecular weight excluding hydrogens is 190 g/mol. The molecule has 0 aromatic rings. The van der Waals surface area contributed by atoms with Gasteiger partial charge in [0.2, 0.25) is 0 Å².